The molecular formula is C11H14Cl2O. The van der Waals surface area contributed by atoms with Crippen LogP contribution >= 0.6 is 23.2 Å². The number of hydrogen-bond donors (Lipinski definition) is 1. The fourth-order valence-corrected chi connectivity index (χ4v) is 2.09. The van der Waals surface area contributed by atoms with Crippen LogP contribution in [-0.4, -0.2) is 11.7 Å². The van der Waals surface area contributed by atoms with Crippen LogP contribution in [0.3, 0.4) is 0 Å². The molecule has 3 heteroatoms. The van der Waals surface area contributed by atoms with E-state index in [4.69, 9.17) is 23.2 Å². The molecule has 0 fully saturated rings. The van der Waals surface area contributed by atoms with Gasteiger partial charge in [0.2, 0.25) is 0 Å². The van der Waals surface area contributed by atoms with Crippen molar-refractivity contribution in [2.24, 2.45) is 0 Å². The average molecular weight is 233 g/mol. The molecular weight excluding hydrogens is 219 g/mol. The van der Waals surface area contributed by atoms with Gasteiger partial charge in [-0.2, -0.15) is 0 Å². The summed E-state index contributed by atoms with van der Waals surface area (Å²) >= 11 is 11.8. The van der Waals surface area contributed by atoms with Gasteiger partial charge in [-0.25, -0.2) is 0 Å². The van der Waals surface area contributed by atoms with E-state index in [0.29, 0.717) is 10.0 Å². The van der Waals surface area contributed by atoms with E-state index in [0.717, 1.165) is 18.4 Å². The second-order valence-electron chi connectivity index (χ2n) is 3.33. The highest BCUT2D eigenvalue weighted by atomic mass is 35.5. The fourth-order valence-electron chi connectivity index (χ4n) is 1.53. The fraction of sp³-hybridized carbons (Fsp3) is 0.455. The van der Waals surface area contributed by atoms with Gasteiger partial charge in [0.15, 0.2) is 0 Å². The molecule has 1 rings (SSSR count). The minimum Gasteiger partial charge on any atom is -0.396 e. The summed E-state index contributed by atoms with van der Waals surface area (Å²) < 4.78 is 0. The first-order chi connectivity index (χ1) is 6.69. The van der Waals surface area contributed by atoms with Crippen LogP contribution < -0.4 is 0 Å². The van der Waals surface area contributed by atoms with Gasteiger partial charge >= 0.3 is 0 Å². The lowest BCUT2D eigenvalue weighted by atomic mass is 9.95. The van der Waals surface area contributed by atoms with E-state index < -0.39 is 0 Å². The Balaban J connectivity index is 2.92. The molecule has 0 bridgehead atoms. The third-order valence-electron chi connectivity index (χ3n) is 2.26. The Morgan fingerprint density at radius 1 is 1.36 bits per heavy atom. The van der Waals surface area contributed by atoms with Crippen LogP contribution in [0.4, 0.5) is 0 Å². The Labute approximate surface area is 94.7 Å². The highest BCUT2D eigenvalue weighted by Gasteiger charge is 2.12. The van der Waals surface area contributed by atoms with Gasteiger partial charge in [0, 0.05) is 22.6 Å². The van der Waals surface area contributed by atoms with E-state index in [9.17, 15) is 5.11 Å². The lowest BCUT2D eigenvalue weighted by molar-refractivity contribution is 0.258. The molecule has 1 nitrogen and oxygen atoms in total. The Hall–Kier alpha value is -0.240. The van der Waals surface area contributed by atoms with Crippen molar-refractivity contribution in [2.45, 2.75) is 25.7 Å². The van der Waals surface area contributed by atoms with Crippen molar-refractivity contribution in [3.63, 3.8) is 0 Å². The number of aliphatic hydroxyl groups excluding tert-OH is 1. The predicted octanol–water partition coefficient (Wildman–Crippen LogP) is 3.87. The van der Waals surface area contributed by atoms with Crippen LogP contribution in [0.25, 0.3) is 0 Å². The summed E-state index contributed by atoms with van der Waals surface area (Å²) in [7, 11) is 0. The summed E-state index contributed by atoms with van der Waals surface area (Å²) in [6, 6.07) is 5.42. The maximum atomic E-state index is 9.21. The van der Waals surface area contributed by atoms with Crippen molar-refractivity contribution in [3.8, 4) is 0 Å². The minimum absolute atomic E-state index is 0.129. The van der Waals surface area contributed by atoms with E-state index in [-0.39, 0.29) is 12.5 Å². The van der Waals surface area contributed by atoms with E-state index in [2.05, 4.69) is 6.92 Å². The SMILES string of the molecule is CCC[C@@H](CO)c1ccc(Cl)cc1Cl. The zero-order chi connectivity index (χ0) is 10.6. The molecule has 0 aromatic heterocycles. The van der Waals surface area contributed by atoms with Gasteiger partial charge < -0.3 is 5.11 Å². The lowest BCUT2D eigenvalue weighted by Crippen LogP contribution is -2.04. The molecule has 14 heavy (non-hydrogen) atoms. The van der Waals surface area contributed by atoms with Gasteiger partial charge in [-0.15, -0.1) is 0 Å². The highest BCUT2D eigenvalue weighted by Crippen LogP contribution is 2.29. The number of aliphatic hydroxyl groups is 1. The van der Waals surface area contributed by atoms with Crippen molar-refractivity contribution in [1.29, 1.82) is 0 Å². The van der Waals surface area contributed by atoms with Gasteiger partial charge in [-0.3, -0.25) is 0 Å². The summed E-state index contributed by atoms with van der Waals surface area (Å²) in [4.78, 5) is 0. The molecule has 0 saturated carbocycles. The molecule has 0 saturated heterocycles. The lowest BCUT2D eigenvalue weighted by Gasteiger charge is -2.15. The number of benzene rings is 1. The molecule has 78 valence electrons. The molecule has 0 spiro atoms. The Morgan fingerprint density at radius 2 is 2.07 bits per heavy atom. The van der Waals surface area contributed by atoms with E-state index >= 15 is 0 Å². The van der Waals surface area contributed by atoms with Crippen molar-refractivity contribution in [2.75, 3.05) is 6.61 Å². The van der Waals surface area contributed by atoms with Crippen LogP contribution in [0.15, 0.2) is 18.2 Å². The molecule has 0 heterocycles. The molecule has 0 unspecified atom stereocenters. The van der Waals surface area contributed by atoms with E-state index in [1.807, 2.05) is 6.07 Å². The average Bonchev–Trinajstić information content (AvgIpc) is 2.15. The Morgan fingerprint density at radius 3 is 2.57 bits per heavy atom. The maximum Gasteiger partial charge on any atom is 0.0500 e. The van der Waals surface area contributed by atoms with Crippen LogP contribution in [-0.2, 0) is 0 Å². The van der Waals surface area contributed by atoms with E-state index in [1.165, 1.54) is 0 Å². The highest BCUT2D eigenvalue weighted by molar-refractivity contribution is 6.35. The Bertz CT molecular complexity index is 299. The Kier molecular flexibility index (Phi) is 4.73. The van der Waals surface area contributed by atoms with Crippen LogP contribution in [0.2, 0.25) is 10.0 Å². The van der Waals surface area contributed by atoms with E-state index in [1.54, 1.807) is 12.1 Å². The number of halogens is 2. The second-order valence-corrected chi connectivity index (χ2v) is 4.18. The van der Waals surface area contributed by atoms with Crippen LogP contribution in [0.1, 0.15) is 31.2 Å². The minimum atomic E-state index is 0.129. The molecule has 1 atom stereocenters. The summed E-state index contributed by atoms with van der Waals surface area (Å²) in [5.74, 6) is 0.129. The van der Waals surface area contributed by atoms with Gasteiger partial charge in [0.1, 0.15) is 0 Å². The normalized spacial score (nSPS) is 12.9. The third kappa shape index (κ3) is 2.88. The molecule has 0 radical (unpaired) electrons. The molecule has 1 aromatic rings. The maximum absolute atomic E-state index is 9.21. The molecule has 0 amide bonds. The summed E-state index contributed by atoms with van der Waals surface area (Å²) in [5.41, 5.74) is 0.986. The van der Waals surface area contributed by atoms with Crippen molar-refractivity contribution in [3.05, 3.63) is 33.8 Å². The first-order valence-electron chi connectivity index (χ1n) is 4.74. The quantitative estimate of drug-likeness (QED) is 0.836. The second kappa shape index (κ2) is 5.59. The molecule has 0 aliphatic rings. The van der Waals surface area contributed by atoms with Gasteiger partial charge in [0.25, 0.3) is 0 Å². The van der Waals surface area contributed by atoms with Crippen molar-refractivity contribution < 1.29 is 5.11 Å². The smallest absolute Gasteiger partial charge is 0.0500 e. The summed E-state index contributed by atoms with van der Waals surface area (Å²) in [6.45, 7) is 2.22. The predicted molar refractivity (Wildman–Crippen MR) is 61.2 cm³/mol. The standard InChI is InChI=1S/C11H14Cl2O/c1-2-3-8(7-14)10-5-4-9(12)6-11(10)13/h4-6,8,14H,2-3,7H2,1H3/t8-/m0/s1. The monoisotopic (exact) mass is 232 g/mol. The number of hydrogen-bond acceptors (Lipinski definition) is 1. The zero-order valence-electron chi connectivity index (χ0n) is 8.13. The van der Waals surface area contributed by atoms with Crippen molar-refractivity contribution >= 4 is 23.2 Å². The van der Waals surface area contributed by atoms with Gasteiger partial charge in [-0.1, -0.05) is 42.6 Å². The molecule has 1 aromatic carbocycles. The number of rotatable bonds is 4. The third-order valence-corrected chi connectivity index (χ3v) is 2.82. The molecule has 0 aliphatic carbocycles. The van der Waals surface area contributed by atoms with Crippen molar-refractivity contribution in [1.82, 2.24) is 0 Å². The van der Waals surface area contributed by atoms with Crippen LogP contribution in [0, 0.1) is 0 Å². The van der Waals surface area contributed by atoms with Crippen LogP contribution in [0.5, 0.6) is 0 Å². The molecule has 1 N–H and O–H groups in total. The summed E-state index contributed by atoms with van der Waals surface area (Å²) in [6.07, 6.45) is 1.97. The summed E-state index contributed by atoms with van der Waals surface area (Å²) in [5, 5.41) is 10.5. The largest absolute Gasteiger partial charge is 0.396 e. The first kappa shape index (κ1) is 11.8. The van der Waals surface area contributed by atoms with Gasteiger partial charge in [-0.05, 0) is 24.1 Å². The molecule has 0 aliphatic heterocycles. The first-order valence-corrected chi connectivity index (χ1v) is 5.50. The van der Waals surface area contributed by atoms with Gasteiger partial charge in [0.05, 0.1) is 0 Å². The zero-order valence-corrected chi connectivity index (χ0v) is 9.65. The topological polar surface area (TPSA) is 20.2 Å².